The van der Waals surface area contributed by atoms with Gasteiger partial charge in [-0.3, -0.25) is 4.79 Å². The molecule has 200 valence electrons. The second kappa shape index (κ2) is 8.06. The minimum Gasteiger partial charge on any atom is -0.390 e. The standard InChI is InChI=1S/C27H44O8/c1-22(2,32)8-7-21(31)25(5,33)19-6-9-26(34)20-13-16(28)15-12-17(29)18(30)14-24(15,4)27(20,35)11-10-23(19,26)3/h13,15,17-19,21,29-35H,6-12,14H2,1-5H3/t15-,17+,18-,19-,21?,23+,24-,25+,26+,27-/m0/s1. The molecule has 0 aromatic heterocycles. The van der Waals surface area contributed by atoms with E-state index in [-0.39, 0.29) is 43.5 Å². The average Bonchev–Trinajstić information content (AvgIpc) is 3.02. The number of hydrogen-bond acceptors (Lipinski definition) is 8. The van der Waals surface area contributed by atoms with Crippen molar-refractivity contribution < 1.29 is 40.5 Å². The Balaban J connectivity index is 1.71. The molecule has 4 aliphatic rings. The summed E-state index contributed by atoms with van der Waals surface area (Å²) >= 11 is 0. The Labute approximate surface area is 207 Å². The summed E-state index contributed by atoms with van der Waals surface area (Å²) in [5.74, 6) is -1.44. The van der Waals surface area contributed by atoms with Crippen molar-refractivity contribution in [2.45, 2.75) is 127 Å². The van der Waals surface area contributed by atoms with Gasteiger partial charge in [0.2, 0.25) is 0 Å². The first-order valence-electron chi connectivity index (χ1n) is 13.0. The van der Waals surface area contributed by atoms with Crippen LogP contribution in [0.1, 0.15) is 86.0 Å². The number of fused-ring (bicyclic) bond motifs is 5. The van der Waals surface area contributed by atoms with Gasteiger partial charge >= 0.3 is 0 Å². The molecule has 0 saturated heterocycles. The highest BCUT2D eigenvalue weighted by Gasteiger charge is 2.73. The van der Waals surface area contributed by atoms with Crippen LogP contribution in [-0.2, 0) is 4.79 Å². The lowest BCUT2D eigenvalue weighted by atomic mass is 9.43. The SMILES string of the molecule is CC(C)(O)CCC(O)[C@](C)(O)[C@H]1CC[C@@]2(O)C3=CC(=O)[C@@H]4C[C@@H](O)[C@@H](O)C[C@]4(C)[C@]3(O)CC[C@]12C. The zero-order valence-electron chi connectivity index (χ0n) is 21.7. The van der Waals surface area contributed by atoms with Crippen molar-refractivity contribution in [1.82, 2.24) is 0 Å². The van der Waals surface area contributed by atoms with E-state index in [1.54, 1.807) is 27.7 Å². The Morgan fingerprint density at radius 2 is 1.60 bits per heavy atom. The maximum absolute atomic E-state index is 13.3. The molecule has 0 amide bonds. The fourth-order valence-corrected chi connectivity index (χ4v) is 8.27. The van der Waals surface area contributed by atoms with Gasteiger partial charge in [0, 0.05) is 16.7 Å². The van der Waals surface area contributed by atoms with Crippen LogP contribution in [-0.4, -0.2) is 82.2 Å². The highest BCUT2D eigenvalue weighted by atomic mass is 16.3. The second-order valence-electron chi connectivity index (χ2n) is 13.3. The van der Waals surface area contributed by atoms with Gasteiger partial charge in [0.25, 0.3) is 0 Å². The van der Waals surface area contributed by atoms with Crippen LogP contribution in [0, 0.1) is 22.7 Å². The molecule has 8 nitrogen and oxygen atoms in total. The van der Waals surface area contributed by atoms with Gasteiger partial charge in [0.05, 0.1) is 40.7 Å². The number of aliphatic hydroxyl groups is 7. The fraction of sp³-hybridized carbons (Fsp3) is 0.889. The Morgan fingerprint density at radius 3 is 2.20 bits per heavy atom. The number of aliphatic hydroxyl groups excluding tert-OH is 3. The van der Waals surface area contributed by atoms with Crippen molar-refractivity contribution in [2.75, 3.05) is 0 Å². The molecule has 0 heterocycles. The molecule has 0 spiro atoms. The van der Waals surface area contributed by atoms with E-state index in [9.17, 15) is 40.5 Å². The summed E-state index contributed by atoms with van der Waals surface area (Å²) in [5, 5.41) is 77.6. The summed E-state index contributed by atoms with van der Waals surface area (Å²) in [6.07, 6.45) is -0.101. The number of rotatable bonds is 5. The molecule has 0 aromatic carbocycles. The maximum atomic E-state index is 13.3. The van der Waals surface area contributed by atoms with Gasteiger partial charge in [-0.25, -0.2) is 0 Å². The molecular formula is C27H44O8. The van der Waals surface area contributed by atoms with Gasteiger partial charge < -0.3 is 35.7 Å². The van der Waals surface area contributed by atoms with Crippen molar-refractivity contribution in [3.05, 3.63) is 11.6 Å². The minimum absolute atomic E-state index is 0.0437. The first kappa shape index (κ1) is 27.2. The molecule has 7 N–H and O–H groups in total. The van der Waals surface area contributed by atoms with Gasteiger partial charge in [-0.2, -0.15) is 0 Å². The predicted octanol–water partition coefficient (Wildman–Crippen LogP) is 0.969. The Morgan fingerprint density at radius 1 is 1.00 bits per heavy atom. The third-order valence-electron chi connectivity index (χ3n) is 10.7. The quantitative estimate of drug-likeness (QED) is 0.297. The summed E-state index contributed by atoms with van der Waals surface area (Å²) in [6.45, 7) is 8.50. The number of allylic oxidation sites excluding steroid dienone is 1. The molecule has 0 aromatic rings. The first-order valence-corrected chi connectivity index (χ1v) is 13.0. The normalized spacial score (nSPS) is 48.3. The molecule has 3 fully saturated rings. The Kier molecular flexibility index (Phi) is 6.26. The zero-order chi connectivity index (χ0) is 26.4. The number of ketones is 1. The third-order valence-corrected chi connectivity index (χ3v) is 10.7. The summed E-state index contributed by atoms with van der Waals surface area (Å²) < 4.78 is 0. The van der Waals surface area contributed by atoms with Crippen LogP contribution < -0.4 is 0 Å². The van der Waals surface area contributed by atoms with Crippen LogP contribution in [0.15, 0.2) is 11.6 Å². The van der Waals surface area contributed by atoms with E-state index in [1.165, 1.54) is 6.08 Å². The van der Waals surface area contributed by atoms with Crippen LogP contribution in [0.3, 0.4) is 0 Å². The third kappa shape index (κ3) is 3.70. The molecule has 3 saturated carbocycles. The van der Waals surface area contributed by atoms with Gasteiger partial charge in [0.15, 0.2) is 5.78 Å². The van der Waals surface area contributed by atoms with Gasteiger partial charge in [-0.1, -0.05) is 13.8 Å². The molecular weight excluding hydrogens is 452 g/mol. The highest BCUT2D eigenvalue weighted by Crippen LogP contribution is 2.69. The lowest BCUT2D eigenvalue weighted by molar-refractivity contribution is -0.216. The second-order valence-corrected chi connectivity index (χ2v) is 13.3. The van der Waals surface area contributed by atoms with Crippen LogP contribution in [0.5, 0.6) is 0 Å². The number of carbonyl (C=O) groups excluding carboxylic acids is 1. The molecule has 35 heavy (non-hydrogen) atoms. The predicted molar refractivity (Wildman–Crippen MR) is 128 cm³/mol. The molecule has 8 heteroatoms. The van der Waals surface area contributed by atoms with E-state index >= 15 is 0 Å². The number of carbonyl (C=O) groups is 1. The molecule has 4 rings (SSSR count). The van der Waals surface area contributed by atoms with E-state index in [2.05, 4.69) is 0 Å². The molecule has 4 aliphatic carbocycles. The van der Waals surface area contributed by atoms with Crippen molar-refractivity contribution in [2.24, 2.45) is 22.7 Å². The number of hydrogen-bond donors (Lipinski definition) is 7. The van der Waals surface area contributed by atoms with E-state index in [4.69, 9.17) is 0 Å². The smallest absolute Gasteiger partial charge is 0.159 e. The highest BCUT2D eigenvalue weighted by molar-refractivity contribution is 5.95. The van der Waals surface area contributed by atoms with Crippen molar-refractivity contribution >= 4 is 5.78 Å². The average molecular weight is 497 g/mol. The molecule has 0 bridgehead atoms. The van der Waals surface area contributed by atoms with Gasteiger partial charge in [-0.15, -0.1) is 0 Å². The van der Waals surface area contributed by atoms with Crippen molar-refractivity contribution in [1.29, 1.82) is 0 Å². The lowest BCUT2D eigenvalue weighted by Crippen LogP contribution is -2.70. The van der Waals surface area contributed by atoms with Crippen molar-refractivity contribution in [3.63, 3.8) is 0 Å². The minimum atomic E-state index is -1.57. The maximum Gasteiger partial charge on any atom is 0.159 e. The monoisotopic (exact) mass is 496 g/mol. The molecule has 0 radical (unpaired) electrons. The van der Waals surface area contributed by atoms with E-state index in [1.807, 2.05) is 6.92 Å². The van der Waals surface area contributed by atoms with Gasteiger partial charge in [-0.05, 0) is 89.7 Å². The van der Waals surface area contributed by atoms with Crippen LogP contribution in [0.25, 0.3) is 0 Å². The summed E-state index contributed by atoms with van der Waals surface area (Å²) in [5.41, 5.74) is -7.38. The zero-order valence-corrected chi connectivity index (χ0v) is 21.7. The van der Waals surface area contributed by atoms with E-state index in [0.717, 1.165) is 0 Å². The molecule has 1 unspecified atom stereocenters. The summed E-state index contributed by atoms with van der Waals surface area (Å²) in [7, 11) is 0. The van der Waals surface area contributed by atoms with Crippen molar-refractivity contribution in [3.8, 4) is 0 Å². The topological polar surface area (TPSA) is 159 Å². The molecule has 0 aliphatic heterocycles. The van der Waals surface area contributed by atoms with Gasteiger partial charge in [0.1, 0.15) is 0 Å². The summed E-state index contributed by atoms with van der Waals surface area (Å²) in [6, 6.07) is 0. The van der Waals surface area contributed by atoms with Crippen LogP contribution in [0.4, 0.5) is 0 Å². The van der Waals surface area contributed by atoms with Crippen LogP contribution in [0.2, 0.25) is 0 Å². The fourth-order valence-electron chi connectivity index (χ4n) is 8.27. The Bertz CT molecular complexity index is 907. The largest absolute Gasteiger partial charge is 0.390 e. The summed E-state index contributed by atoms with van der Waals surface area (Å²) in [4.78, 5) is 13.3. The lowest BCUT2D eigenvalue weighted by Gasteiger charge is -2.64. The Hall–Kier alpha value is -0.870. The van der Waals surface area contributed by atoms with E-state index < -0.39 is 63.4 Å². The first-order chi connectivity index (χ1) is 15.8. The van der Waals surface area contributed by atoms with E-state index in [0.29, 0.717) is 19.3 Å². The van der Waals surface area contributed by atoms with Crippen LogP contribution >= 0.6 is 0 Å². The molecule has 10 atom stereocenters.